The summed E-state index contributed by atoms with van der Waals surface area (Å²) >= 11 is 0. The first-order valence-corrected chi connectivity index (χ1v) is 8.15. The third-order valence-electron chi connectivity index (χ3n) is 4.73. The maximum absolute atomic E-state index is 14.5. The van der Waals surface area contributed by atoms with Crippen molar-refractivity contribution in [3.63, 3.8) is 0 Å². The molecule has 1 aliphatic heterocycles. The first kappa shape index (κ1) is 18.1. The van der Waals surface area contributed by atoms with E-state index in [4.69, 9.17) is 5.26 Å². The molecular formula is C19H16F4N2O. The van der Waals surface area contributed by atoms with Crippen LogP contribution < -0.4 is 4.90 Å². The molecule has 0 radical (unpaired) electrons. The fourth-order valence-corrected chi connectivity index (χ4v) is 3.38. The van der Waals surface area contributed by atoms with Gasteiger partial charge in [0.15, 0.2) is 5.82 Å². The van der Waals surface area contributed by atoms with Gasteiger partial charge in [0.05, 0.1) is 17.3 Å². The minimum Gasteiger partial charge on any atom is -0.508 e. The van der Waals surface area contributed by atoms with Crippen molar-refractivity contribution in [2.45, 2.75) is 24.9 Å². The molecule has 136 valence electrons. The summed E-state index contributed by atoms with van der Waals surface area (Å²) in [6, 6.07) is 10.5. The van der Waals surface area contributed by atoms with Crippen molar-refractivity contribution in [2.24, 2.45) is 0 Å². The van der Waals surface area contributed by atoms with E-state index in [1.54, 1.807) is 17.0 Å². The number of nitriles is 1. The summed E-state index contributed by atoms with van der Waals surface area (Å²) in [6.45, 7) is 0.817. The Morgan fingerprint density at radius 1 is 1.04 bits per heavy atom. The molecule has 1 saturated heterocycles. The first-order valence-electron chi connectivity index (χ1n) is 8.15. The minimum atomic E-state index is -4.92. The van der Waals surface area contributed by atoms with Crippen molar-refractivity contribution in [3.8, 4) is 11.8 Å². The Kier molecular flexibility index (Phi) is 4.77. The van der Waals surface area contributed by atoms with E-state index in [9.17, 15) is 22.7 Å². The van der Waals surface area contributed by atoms with E-state index in [-0.39, 0.29) is 17.4 Å². The Balaban J connectivity index is 1.82. The number of nitrogens with zero attached hydrogens (tertiary/aromatic N) is 2. The van der Waals surface area contributed by atoms with Crippen LogP contribution in [0.4, 0.5) is 23.2 Å². The molecule has 0 unspecified atom stereocenters. The van der Waals surface area contributed by atoms with E-state index in [0.717, 1.165) is 11.6 Å². The average molecular weight is 364 g/mol. The molecule has 2 aromatic rings. The largest absolute Gasteiger partial charge is 0.508 e. The number of anilines is 1. The number of benzene rings is 2. The fourth-order valence-electron chi connectivity index (χ4n) is 3.38. The molecule has 3 nitrogen and oxygen atoms in total. The Bertz CT molecular complexity index is 832. The molecule has 1 heterocycles. The maximum atomic E-state index is 14.5. The second-order valence-corrected chi connectivity index (χ2v) is 6.28. The Labute approximate surface area is 148 Å². The highest BCUT2D eigenvalue weighted by atomic mass is 19.4. The zero-order valence-corrected chi connectivity index (χ0v) is 13.7. The number of hydrogen-bond acceptors (Lipinski definition) is 3. The normalized spacial score (nSPS) is 15.7. The fraction of sp³-hybridized carbons (Fsp3) is 0.316. The number of rotatable bonds is 2. The van der Waals surface area contributed by atoms with E-state index in [1.165, 1.54) is 12.1 Å². The van der Waals surface area contributed by atoms with Crippen molar-refractivity contribution >= 4 is 5.69 Å². The zero-order chi connectivity index (χ0) is 18.9. The molecule has 3 rings (SSSR count). The lowest BCUT2D eigenvalue weighted by Crippen LogP contribution is -2.34. The van der Waals surface area contributed by atoms with Gasteiger partial charge in [0.25, 0.3) is 0 Å². The lowest BCUT2D eigenvalue weighted by molar-refractivity contribution is -0.140. The Morgan fingerprint density at radius 2 is 1.65 bits per heavy atom. The minimum absolute atomic E-state index is 0.125. The lowest BCUT2D eigenvalue weighted by atomic mass is 9.89. The number of aromatic hydroxyl groups is 1. The van der Waals surface area contributed by atoms with Gasteiger partial charge in [0.2, 0.25) is 0 Å². The number of piperidine rings is 1. The van der Waals surface area contributed by atoms with Gasteiger partial charge in [-0.05, 0) is 48.6 Å². The molecule has 0 spiro atoms. The summed E-state index contributed by atoms with van der Waals surface area (Å²) in [5.41, 5.74) is -1.30. The Hall–Kier alpha value is -2.75. The van der Waals surface area contributed by atoms with Crippen LogP contribution in [-0.2, 0) is 6.18 Å². The van der Waals surface area contributed by atoms with Crippen LogP contribution in [-0.4, -0.2) is 18.2 Å². The molecule has 0 aliphatic carbocycles. The van der Waals surface area contributed by atoms with E-state index in [0.29, 0.717) is 25.9 Å². The van der Waals surface area contributed by atoms with Crippen LogP contribution in [0, 0.1) is 17.1 Å². The monoisotopic (exact) mass is 364 g/mol. The number of phenols is 1. The summed E-state index contributed by atoms with van der Waals surface area (Å²) in [5, 5.41) is 18.2. The van der Waals surface area contributed by atoms with E-state index in [2.05, 4.69) is 0 Å². The summed E-state index contributed by atoms with van der Waals surface area (Å²) < 4.78 is 53.9. The highest BCUT2D eigenvalue weighted by molar-refractivity contribution is 5.56. The summed E-state index contributed by atoms with van der Waals surface area (Å²) in [6.07, 6.45) is -3.60. The second-order valence-electron chi connectivity index (χ2n) is 6.28. The van der Waals surface area contributed by atoms with E-state index >= 15 is 0 Å². The molecule has 7 heteroatoms. The SMILES string of the molecule is N#Cc1ccc(N2CCC(c3ccc(O)cc3)CC2)c(F)c1C(F)(F)F. The molecule has 0 amide bonds. The zero-order valence-electron chi connectivity index (χ0n) is 13.7. The number of alkyl halides is 3. The van der Waals surface area contributed by atoms with Gasteiger partial charge in [0, 0.05) is 13.1 Å². The number of phenolic OH excluding ortho intramolecular Hbond substituents is 1. The van der Waals surface area contributed by atoms with Crippen LogP contribution in [0.25, 0.3) is 0 Å². The van der Waals surface area contributed by atoms with Gasteiger partial charge in [-0.3, -0.25) is 0 Å². The van der Waals surface area contributed by atoms with Crippen LogP contribution in [0.3, 0.4) is 0 Å². The summed E-state index contributed by atoms with van der Waals surface area (Å²) in [5.74, 6) is -1.01. The number of hydrogen-bond donors (Lipinski definition) is 1. The van der Waals surface area contributed by atoms with Gasteiger partial charge in [-0.2, -0.15) is 18.4 Å². The van der Waals surface area contributed by atoms with E-state index < -0.39 is 23.1 Å². The average Bonchev–Trinajstić information content (AvgIpc) is 2.61. The van der Waals surface area contributed by atoms with Crippen molar-refractivity contribution in [3.05, 3.63) is 58.9 Å². The molecule has 0 aromatic heterocycles. The van der Waals surface area contributed by atoms with Crippen LogP contribution >= 0.6 is 0 Å². The van der Waals surface area contributed by atoms with E-state index in [1.807, 2.05) is 12.1 Å². The maximum Gasteiger partial charge on any atom is 0.420 e. The van der Waals surface area contributed by atoms with Crippen molar-refractivity contribution in [2.75, 3.05) is 18.0 Å². The smallest absolute Gasteiger partial charge is 0.420 e. The van der Waals surface area contributed by atoms with Gasteiger partial charge in [-0.15, -0.1) is 0 Å². The highest BCUT2D eigenvalue weighted by Gasteiger charge is 2.39. The second kappa shape index (κ2) is 6.87. The van der Waals surface area contributed by atoms with Crippen molar-refractivity contribution in [1.29, 1.82) is 5.26 Å². The molecule has 1 N–H and O–H groups in total. The molecular weight excluding hydrogens is 348 g/mol. The van der Waals surface area contributed by atoms with Gasteiger partial charge in [0.1, 0.15) is 11.3 Å². The predicted molar refractivity (Wildman–Crippen MR) is 88.4 cm³/mol. The summed E-state index contributed by atoms with van der Waals surface area (Å²) in [7, 11) is 0. The quantitative estimate of drug-likeness (QED) is 0.779. The van der Waals surface area contributed by atoms with Crippen LogP contribution in [0.2, 0.25) is 0 Å². The van der Waals surface area contributed by atoms with Crippen LogP contribution in [0.1, 0.15) is 35.4 Å². The Morgan fingerprint density at radius 3 is 2.19 bits per heavy atom. The van der Waals surface area contributed by atoms with Gasteiger partial charge in [-0.25, -0.2) is 4.39 Å². The van der Waals surface area contributed by atoms with Gasteiger partial charge >= 0.3 is 6.18 Å². The topological polar surface area (TPSA) is 47.3 Å². The third-order valence-corrected chi connectivity index (χ3v) is 4.73. The highest BCUT2D eigenvalue weighted by Crippen LogP contribution is 2.39. The van der Waals surface area contributed by atoms with Crippen molar-refractivity contribution in [1.82, 2.24) is 0 Å². The number of halogens is 4. The first-order chi connectivity index (χ1) is 12.3. The lowest BCUT2D eigenvalue weighted by Gasteiger charge is -2.34. The molecule has 2 aromatic carbocycles. The molecule has 1 fully saturated rings. The standard InChI is InChI=1S/C19H16F4N2O/c20-18-16(6-3-14(11-24)17(18)19(21,22)23)25-9-7-13(8-10-25)12-1-4-15(26)5-2-12/h1-6,13,26H,7-10H2. The van der Waals surface area contributed by atoms with Gasteiger partial charge in [-0.1, -0.05) is 12.1 Å². The predicted octanol–water partition coefficient (Wildman–Crippen LogP) is 4.81. The summed E-state index contributed by atoms with van der Waals surface area (Å²) in [4.78, 5) is 1.59. The molecule has 0 atom stereocenters. The van der Waals surface area contributed by atoms with Crippen LogP contribution in [0.5, 0.6) is 5.75 Å². The molecule has 0 bridgehead atoms. The van der Waals surface area contributed by atoms with Crippen LogP contribution in [0.15, 0.2) is 36.4 Å². The van der Waals surface area contributed by atoms with Gasteiger partial charge < -0.3 is 10.0 Å². The molecule has 1 aliphatic rings. The molecule has 0 saturated carbocycles. The third kappa shape index (κ3) is 3.45. The van der Waals surface area contributed by atoms with Crippen molar-refractivity contribution < 1.29 is 22.7 Å². The molecule has 26 heavy (non-hydrogen) atoms.